The molecule has 0 saturated heterocycles. The maximum Gasteiger partial charge on any atom is 0.311 e. The summed E-state index contributed by atoms with van der Waals surface area (Å²) in [6.45, 7) is 2.06. The largest absolute Gasteiger partial charge is 0.466 e. The van der Waals surface area contributed by atoms with Gasteiger partial charge in [-0.2, -0.15) is 0 Å². The standard InChI is InChI=1S/C16H14Cl2N2O3S/c1-2-23-15(22)8-10-9-24-16(19-10)20-14(21)7-6-11-12(17)4-3-5-13(11)18/h3-7,9H,2,8H2,1H3,(H,19,20,21)/b7-6+. The maximum atomic E-state index is 11.9. The molecule has 1 amide bonds. The van der Waals surface area contributed by atoms with Gasteiger partial charge in [0.2, 0.25) is 5.91 Å². The lowest BCUT2D eigenvalue weighted by Crippen LogP contribution is -2.09. The number of rotatable bonds is 6. The monoisotopic (exact) mass is 384 g/mol. The van der Waals surface area contributed by atoms with E-state index in [0.717, 1.165) is 0 Å². The molecule has 1 aromatic heterocycles. The molecule has 2 aromatic rings. The molecule has 1 aromatic carbocycles. The summed E-state index contributed by atoms with van der Waals surface area (Å²) in [5.41, 5.74) is 1.12. The van der Waals surface area contributed by atoms with E-state index in [0.29, 0.717) is 33.0 Å². The number of aromatic nitrogens is 1. The second kappa shape index (κ2) is 8.82. The van der Waals surface area contributed by atoms with Crippen molar-refractivity contribution in [3.05, 3.63) is 51.0 Å². The molecular weight excluding hydrogens is 371 g/mol. The quantitative estimate of drug-likeness (QED) is 0.598. The molecule has 0 bridgehead atoms. The van der Waals surface area contributed by atoms with Crippen molar-refractivity contribution < 1.29 is 14.3 Å². The average Bonchev–Trinajstić information content (AvgIpc) is 2.93. The van der Waals surface area contributed by atoms with Gasteiger partial charge in [-0.3, -0.25) is 14.9 Å². The van der Waals surface area contributed by atoms with Crippen LogP contribution in [-0.4, -0.2) is 23.5 Å². The predicted octanol–water partition coefficient (Wildman–Crippen LogP) is 4.21. The summed E-state index contributed by atoms with van der Waals surface area (Å²) in [6.07, 6.45) is 2.93. The first kappa shape index (κ1) is 18.4. The Morgan fingerprint density at radius 2 is 2.04 bits per heavy atom. The van der Waals surface area contributed by atoms with E-state index in [2.05, 4.69) is 10.3 Å². The van der Waals surface area contributed by atoms with Gasteiger partial charge in [-0.25, -0.2) is 4.98 Å². The van der Waals surface area contributed by atoms with Crippen LogP contribution in [0.25, 0.3) is 6.08 Å². The average molecular weight is 385 g/mol. The van der Waals surface area contributed by atoms with Crippen molar-refractivity contribution >= 4 is 57.6 Å². The molecule has 1 N–H and O–H groups in total. The number of thiazole rings is 1. The summed E-state index contributed by atoms with van der Waals surface area (Å²) in [4.78, 5) is 27.5. The van der Waals surface area contributed by atoms with Crippen molar-refractivity contribution in [3.63, 3.8) is 0 Å². The van der Waals surface area contributed by atoms with Gasteiger partial charge in [0, 0.05) is 27.1 Å². The van der Waals surface area contributed by atoms with Crippen molar-refractivity contribution in [2.75, 3.05) is 11.9 Å². The van der Waals surface area contributed by atoms with Crippen LogP contribution in [0, 0.1) is 0 Å². The highest BCUT2D eigenvalue weighted by molar-refractivity contribution is 7.14. The molecule has 0 saturated carbocycles. The molecule has 0 spiro atoms. The normalized spacial score (nSPS) is 10.8. The van der Waals surface area contributed by atoms with E-state index in [4.69, 9.17) is 27.9 Å². The van der Waals surface area contributed by atoms with Gasteiger partial charge < -0.3 is 4.74 Å². The third-order valence-corrected chi connectivity index (χ3v) is 4.28. The lowest BCUT2D eigenvalue weighted by atomic mass is 10.2. The van der Waals surface area contributed by atoms with Crippen LogP contribution in [-0.2, 0) is 20.7 Å². The van der Waals surface area contributed by atoms with Crippen molar-refractivity contribution in [1.82, 2.24) is 4.98 Å². The van der Waals surface area contributed by atoms with Crippen molar-refractivity contribution in [2.24, 2.45) is 0 Å². The second-order valence-corrected chi connectivity index (χ2v) is 6.26. The number of benzene rings is 1. The fourth-order valence-corrected chi connectivity index (χ4v) is 3.02. The van der Waals surface area contributed by atoms with Crippen LogP contribution in [0.4, 0.5) is 5.13 Å². The summed E-state index contributed by atoms with van der Waals surface area (Å²) in [6, 6.07) is 5.10. The number of anilines is 1. The third kappa shape index (κ3) is 5.33. The SMILES string of the molecule is CCOC(=O)Cc1csc(NC(=O)/C=C/c2c(Cl)cccc2Cl)n1. The zero-order valence-electron chi connectivity index (χ0n) is 12.7. The highest BCUT2D eigenvalue weighted by atomic mass is 35.5. The molecule has 0 radical (unpaired) electrons. The zero-order valence-corrected chi connectivity index (χ0v) is 15.0. The van der Waals surface area contributed by atoms with Crippen LogP contribution >= 0.6 is 34.5 Å². The van der Waals surface area contributed by atoms with Crippen LogP contribution < -0.4 is 5.32 Å². The van der Waals surface area contributed by atoms with Gasteiger partial charge in [-0.1, -0.05) is 29.3 Å². The van der Waals surface area contributed by atoms with E-state index in [-0.39, 0.29) is 18.3 Å². The fourth-order valence-electron chi connectivity index (χ4n) is 1.78. The summed E-state index contributed by atoms with van der Waals surface area (Å²) in [5.74, 6) is -0.725. The van der Waals surface area contributed by atoms with Gasteiger partial charge in [0.05, 0.1) is 18.7 Å². The van der Waals surface area contributed by atoms with Crippen LogP contribution in [0.5, 0.6) is 0 Å². The predicted molar refractivity (Wildman–Crippen MR) is 96.6 cm³/mol. The van der Waals surface area contributed by atoms with Crippen LogP contribution in [0.1, 0.15) is 18.2 Å². The van der Waals surface area contributed by atoms with E-state index < -0.39 is 0 Å². The molecule has 0 atom stereocenters. The van der Waals surface area contributed by atoms with Crippen molar-refractivity contribution in [2.45, 2.75) is 13.3 Å². The Morgan fingerprint density at radius 3 is 2.71 bits per heavy atom. The molecule has 5 nitrogen and oxygen atoms in total. The fraction of sp³-hybridized carbons (Fsp3) is 0.188. The van der Waals surface area contributed by atoms with Gasteiger partial charge in [0.25, 0.3) is 0 Å². The first-order valence-electron chi connectivity index (χ1n) is 7.02. The highest BCUT2D eigenvalue weighted by Crippen LogP contribution is 2.25. The molecule has 0 aliphatic carbocycles. The van der Waals surface area contributed by atoms with E-state index in [1.54, 1.807) is 30.5 Å². The molecule has 0 unspecified atom stereocenters. The number of amides is 1. The molecule has 0 fully saturated rings. The molecule has 8 heteroatoms. The summed E-state index contributed by atoms with van der Waals surface area (Å²) < 4.78 is 4.85. The Kier molecular flexibility index (Phi) is 6.78. The smallest absolute Gasteiger partial charge is 0.311 e. The summed E-state index contributed by atoms with van der Waals surface area (Å²) >= 11 is 13.3. The first-order chi connectivity index (χ1) is 11.5. The number of halogens is 2. The Bertz CT molecular complexity index is 754. The van der Waals surface area contributed by atoms with E-state index >= 15 is 0 Å². The molecule has 0 aliphatic rings. The van der Waals surface area contributed by atoms with Crippen molar-refractivity contribution in [1.29, 1.82) is 0 Å². The van der Waals surface area contributed by atoms with Crippen LogP contribution in [0.15, 0.2) is 29.7 Å². The second-order valence-electron chi connectivity index (χ2n) is 4.58. The minimum Gasteiger partial charge on any atom is -0.466 e. The Balaban J connectivity index is 1.96. The number of ether oxygens (including phenoxy) is 1. The van der Waals surface area contributed by atoms with Gasteiger partial charge in [0.1, 0.15) is 0 Å². The number of hydrogen-bond acceptors (Lipinski definition) is 5. The number of esters is 1. The Hall–Kier alpha value is -1.89. The maximum absolute atomic E-state index is 11.9. The molecule has 126 valence electrons. The molecule has 2 rings (SSSR count). The van der Waals surface area contributed by atoms with Gasteiger partial charge in [-0.05, 0) is 25.1 Å². The minimum atomic E-state index is -0.372. The van der Waals surface area contributed by atoms with Crippen LogP contribution in [0.3, 0.4) is 0 Å². The zero-order chi connectivity index (χ0) is 17.5. The van der Waals surface area contributed by atoms with E-state index in [9.17, 15) is 9.59 Å². The van der Waals surface area contributed by atoms with E-state index in [1.807, 2.05) is 0 Å². The Morgan fingerprint density at radius 1 is 1.33 bits per heavy atom. The summed E-state index contributed by atoms with van der Waals surface area (Å²) in [7, 11) is 0. The number of hydrogen-bond donors (Lipinski definition) is 1. The first-order valence-corrected chi connectivity index (χ1v) is 8.66. The highest BCUT2D eigenvalue weighted by Gasteiger charge is 2.09. The van der Waals surface area contributed by atoms with Crippen LogP contribution in [0.2, 0.25) is 10.0 Å². The number of nitrogens with one attached hydrogen (secondary N) is 1. The molecule has 1 heterocycles. The lowest BCUT2D eigenvalue weighted by Gasteiger charge is -2.01. The topological polar surface area (TPSA) is 68.3 Å². The van der Waals surface area contributed by atoms with Gasteiger partial charge >= 0.3 is 5.97 Å². The van der Waals surface area contributed by atoms with Crippen molar-refractivity contribution in [3.8, 4) is 0 Å². The minimum absolute atomic E-state index is 0.0747. The lowest BCUT2D eigenvalue weighted by molar-refractivity contribution is -0.142. The van der Waals surface area contributed by atoms with E-state index in [1.165, 1.54) is 23.5 Å². The number of carbonyl (C=O) groups is 2. The molecule has 0 aliphatic heterocycles. The third-order valence-electron chi connectivity index (χ3n) is 2.81. The Labute approximate surface area is 153 Å². The van der Waals surface area contributed by atoms with Gasteiger partial charge in [0.15, 0.2) is 5.13 Å². The molecule has 24 heavy (non-hydrogen) atoms. The number of nitrogens with zero attached hydrogens (tertiary/aromatic N) is 1. The molecular formula is C16H14Cl2N2O3S. The summed E-state index contributed by atoms with van der Waals surface area (Å²) in [5, 5.41) is 5.63. The number of carbonyl (C=O) groups excluding carboxylic acids is 2. The van der Waals surface area contributed by atoms with Gasteiger partial charge in [-0.15, -0.1) is 11.3 Å².